The number of benzene rings is 1. The number of aromatic nitrogens is 2. The van der Waals surface area contributed by atoms with Crippen molar-refractivity contribution in [3.8, 4) is 5.75 Å². The molecule has 1 aliphatic heterocycles. The Bertz CT molecular complexity index is 577. The molecule has 0 fully saturated rings. The molecule has 1 aliphatic rings. The molecule has 0 amide bonds. The number of nitrogens with two attached hydrogens (primary N) is 1. The third-order valence-electron chi connectivity index (χ3n) is 3.53. The van der Waals surface area contributed by atoms with Gasteiger partial charge in [-0.25, -0.2) is 4.98 Å². The maximum atomic E-state index is 5.99. The van der Waals surface area contributed by atoms with Crippen LogP contribution in [0.5, 0.6) is 5.75 Å². The first-order chi connectivity index (χ1) is 9.26. The predicted molar refractivity (Wildman–Crippen MR) is 74.3 cm³/mol. The Kier molecular flexibility index (Phi) is 3.25. The van der Waals surface area contributed by atoms with E-state index in [0.29, 0.717) is 6.54 Å². The largest absolute Gasteiger partial charge is 0.488 e. The minimum atomic E-state index is 0.197. The average Bonchev–Trinajstić information content (AvgIpc) is 2.97. The smallest absolute Gasteiger partial charge is 0.123 e. The van der Waals surface area contributed by atoms with Crippen LogP contribution >= 0.6 is 0 Å². The Morgan fingerprint density at radius 2 is 2.37 bits per heavy atom. The molecule has 4 heteroatoms. The summed E-state index contributed by atoms with van der Waals surface area (Å²) in [4.78, 5) is 4.34. The molecule has 0 saturated heterocycles. The van der Waals surface area contributed by atoms with Crippen molar-refractivity contribution in [3.05, 3.63) is 47.5 Å². The SMILES string of the molecule is Cc1ccc2c(c1)CC(Cn1ccnc1CCN)O2. The second kappa shape index (κ2) is 5.05. The van der Waals surface area contributed by atoms with Crippen LogP contribution in [0, 0.1) is 6.92 Å². The second-order valence-electron chi connectivity index (χ2n) is 5.09. The van der Waals surface area contributed by atoms with Gasteiger partial charge < -0.3 is 15.0 Å². The Morgan fingerprint density at radius 3 is 3.21 bits per heavy atom. The molecule has 1 aromatic heterocycles. The van der Waals surface area contributed by atoms with E-state index < -0.39 is 0 Å². The number of hydrogen-bond acceptors (Lipinski definition) is 3. The van der Waals surface area contributed by atoms with Crippen LogP contribution < -0.4 is 10.5 Å². The Morgan fingerprint density at radius 1 is 1.47 bits per heavy atom. The molecule has 1 unspecified atom stereocenters. The van der Waals surface area contributed by atoms with E-state index in [1.54, 1.807) is 0 Å². The maximum Gasteiger partial charge on any atom is 0.123 e. The van der Waals surface area contributed by atoms with Gasteiger partial charge in [0.05, 0.1) is 6.54 Å². The van der Waals surface area contributed by atoms with E-state index in [-0.39, 0.29) is 6.10 Å². The first-order valence-corrected chi connectivity index (χ1v) is 6.72. The van der Waals surface area contributed by atoms with Crippen LogP contribution in [-0.2, 0) is 19.4 Å². The van der Waals surface area contributed by atoms with E-state index in [0.717, 1.165) is 31.0 Å². The quantitative estimate of drug-likeness (QED) is 0.907. The predicted octanol–water partition coefficient (Wildman–Crippen LogP) is 1.70. The zero-order valence-corrected chi connectivity index (χ0v) is 11.2. The third-order valence-corrected chi connectivity index (χ3v) is 3.53. The summed E-state index contributed by atoms with van der Waals surface area (Å²) in [6.45, 7) is 3.58. The van der Waals surface area contributed by atoms with E-state index in [1.807, 2.05) is 12.4 Å². The first kappa shape index (κ1) is 12.2. The summed E-state index contributed by atoms with van der Waals surface area (Å²) in [5.41, 5.74) is 8.19. The second-order valence-corrected chi connectivity index (χ2v) is 5.09. The fraction of sp³-hybridized carbons (Fsp3) is 0.400. The van der Waals surface area contributed by atoms with Crippen molar-refractivity contribution < 1.29 is 4.74 Å². The molecule has 1 atom stereocenters. The van der Waals surface area contributed by atoms with Gasteiger partial charge in [-0.05, 0) is 25.1 Å². The van der Waals surface area contributed by atoms with Gasteiger partial charge in [0.2, 0.25) is 0 Å². The van der Waals surface area contributed by atoms with Crippen LogP contribution in [0.25, 0.3) is 0 Å². The molecule has 0 spiro atoms. The van der Waals surface area contributed by atoms with Crippen molar-refractivity contribution in [2.75, 3.05) is 6.54 Å². The summed E-state index contributed by atoms with van der Waals surface area (Å²) >= 11 is 0. The molecule has 0 aliphatic carbocycles. The number of fused-ring (bicyclic) bond motifs is 1. The molecule has 2 heterocycles. The molecular formula is C15H19N3O. The Labute approximate surface area is 113 Å². The van der Waals surface area contributed by atoms with Crippen molar-refractivity contribution in [1.82, 2.24) is 9.55 Å². The molecular weight excluding hydrogens is 238 g/mol. The molecule has 2 N–H and O–H groups in total. The molecule has 2 aromatic rings. The van der Waals surface area contributed by atoms with Gasteiger partial charge in [0.25, 0.3) is 0 Å². The van der Waals surface area contributed by atoms with Crippen molar-refractivity contribution in [1.29, 1.82) is 0 Å². The summed E-state index contributed by atoms with van der Waals surface area (Å²) < 4.78 is 8.14. The standard InChI is InChI=1S/C15H19N3O/c1-11-2-3-14-12(8-11)9-13(19-14)10-18-7-6-17-15(18)4-5-16/h2-3,6-8,13H,4-5,9-10,16H2,1H3. The van der Waals surface area contributed by atoms with Gasteiger partial charge in [-0.2, -0.15) is 0 Å². The van der Waals surface area contributed by atoms with Crippen LogP contribution in [0.1, 0.15) is 17.0 Å². The van der Waals surface area contributed by atoms with Crippen molar-refractivity contribution >= 4 is 0 Å². The lowest BCUT2D eigenvalue weighted by Crippen LogP contribution is -2.22. The molecule has 4 nitrogen and oxygen atoms in total. The van der Waals surface area contributed by atoms with Gasteiger partial charge in [-0.1, -0.05) is 17.7 Å². The van der Waals surface area contributed by atoms with Gasteiger partial charge in [-0.3, -0.25) is 0 Å². The Balaban J connectivity index is 1.71. The number of aryl methyl sites for hydroxylation is 1. The zero-order valence-electron chi connectivity index (χ0n) is 11.2. The number of ether oxygens (including phenoxy) is 1. The normalized spacial score (nSPS) is 17.3. The number of rotatable bonds is 4. The van der Waals surface area contributed by atoms with E-state index >= 15 is 0 Å². The van der Waals surface area contributed by atoms with Crippen LogP contribution in [0.2, 0.25) is 0 Å². The van der Waals surface area contributed by atoms with E-state index in [2.05, 4.69) is 34.7 Å². The summed E-state index contributed by atoms with van der Waals surface area (Å²) in [7, 11) is 0. The minimum Gasteiger partial charge on any atom is -0.488 e. The van der Waals surface area contributed by atoms with Gasteiger partial charge in [-0.15, -0.1) is 0 Å². The maximum absolute atomic E-state index is 5.99. The highest BCUT2D eigenvalue weighted by Gasteiger charge is 2.23. The summed E-state index contributed by atoms with van der Waals surface area (Å²) in [6.07, 6.45) is 5.81. The van der Waals surface area contributed by atoms with Crippen molar-refractivity contribution in [3.63, 3.8) is 0 Å². The Hall–Kier alpha value is -1.81. The number of hydrogen-bond donors (Lipinski definition) is 1. The topological polar surface area (TPSA) is 53.1 Å². The molecule has 0 bridgehead atoms. The zero-order chi connectivity index (χ0) is 13.2. The fourth-order valence-corrected chi connectivity index (χ4v) is 2.63. The lowest BCUT2D eigenvalue weighted by atomic mass is 10.1. The van der Waals surface area contributed by atoms with E-state index in [1.165, 1.54) is 11.1 Å². The highest BCUT2D eigenvalue weighted by molar-refractivity contribution is 5.40. The number of imidazole rings is 1. The summed E-state index contributed by atoms with van der Waals surface area (Å²) in [6, 6.07) is 6.38. The van der Waals surface area contributed by atoms with Crippen LogP contribution in [-0.4, -0.2) is 22.2 Å². The highest BCUT2D eigenvalue weighted by Crippen LogP contribution is 2.30. The fourth-order valence-electron chi connectivity index (χ4n) is 2.63. The lowest BCUT2D eigenvalue weighted by Gasteiger charge is -2.13. The molecule has 3 rings (SSSR count). The lowest BCUT2D eigenvalue weighted by molar-refractivity contribution is 0.207. The van der Waals surface area contributed by atoms with Crippen molar-refractivity contribution in [2.24, 2.45) is 5.73 Å². The van der Waals surface area contributed by atoms with E-state index in [9.17, 15) is 0 Å². The van der Waals surface area contributed by atoms with Crippen LogP contribution in [0.15, 0.2) is 30.6 Å². The first-order valence-electron chi connectivity index (χ1n) is 6.72. The molecule has 100 valence electrons. The molecule has 0 radical (unpaired) electrons. The number of nitrogens with zero attached hydrogens (tertiary/aromatic N) is 2. The molecule has 19 heavy (non-hydrogen) atoms. The average molecular weight is 257 g/mol. The van der Waals surface area contributed by atoms with Gasteiger partial charge in [0.15, 0.2) is 0 Å². The van der Waals surface area contributed by atoms with Crippen LogP contribution in [0.3, 0.4) is 0 Å². The monoisotopic (exact) mass is 257 g/mol. The van der Waals surface area contributed by atoms with Gasteiger partial charge in [0, 0.05) is 25.2 Å². The third kappa shape index (κ3) is 2.49. The highest BCUT2D eigenvalue weighted by atomic mass is 16.5. The molecule has 0 saturated carbocycles. The van der Waals surface area contributed by atoms with Gasteiger partial charge in [0.1, 0.15) is 17.7 Å². The summed E-state index contributed by atoms with van der Waals surface area (Å²) in [5, 5.41) is 0. The van der Waals surface area contributed by atoms with Gasteiger partial charge >= 0.3 is 0 Å². The summed E-state index contributed by atoms with van der Waals surface area (Å²) in [5.74, 6) is 2.06. The van der Waals surface area contributed by atoms with E-state index in [4.69, 9.17) is 10.5 Å². The van der Waals surface area contributed by atoms with Crippen LogP contribution in [0.4, 0.5) is 0 Å². The van der Waals surface area contributed by atoms with Crippen molar-refractivity contribution in [2.45, 2.75) is 32.4 Å². The molecule has 1 aromatic carbocycles. The minimum absolute atomic E-state index is 0.197.